The molecule has 0 fully saturated rings. The van der Waals surface area contributed by atoms with Gasteiger partial charge in [-0.25, -0.2) is 0 Å². The lowest BCUT2D eigenvalue weighted by atomic mass is 9.84. The summed E-state index contributed by atoms with van der Waals surface area (Å²) in [6.45, 7) is 0. The summed E-state index contributed by atoms with van der Waals surface area (Å²) in [7, 11) is 0. The van der Waals surface area contributed by atoms with E-state index in [2.05, 4.69) is 146 Å². The molecule has 0 heterocycles. The van der Waals surface area contributed by atoms with Crippen molar-refractivity contribution in [3.8, 4) is 33.4 Å². The van der Waals surface area contributed by atoms with Crippen LogP contribution in [-0.2, 0) is 6.42 Å². The molecule has 0 amide bonds. The average Bonchev–Trinajstić information content (AvgIpc) is 3.42. The van der Waals surface area contributed by atoms with Crippen molar-refractivity contribution < 1.29 is 0 Å². The molecule has 8 aromatic rings. The Morgan fingerprint density at radius 2 is 0.878 bits per heavy atom. The largest absolute Gasteiger partial charge is 0.0616 e. The molecule has 0 unspecified atom stereocenters. The second kappa shape index (κ2) is 8.65. The maximum atomic E-state index is 2.45. The number of hydrogen-bond acceptors (Lipinski definition) is 0. The lowest BCUT2D eigenvalue weighted by Crippen LogP contribution is -1.92. The lowest BCUT2D eigenvalue weighted by molar-refractivity contribution is 1.28. The molecule has 0 spiro atoms. The van der Waals surface area contributed by atoms with Gasteiger partial charge in [-0.15, -0.1) is 0 Å². The number of rotatable bonds is 2. The van der Waals surface area contributed by atoms with E-state index in [-0.39, 0.29) is 0 Å². The highest BCUT2D eigenvalue weighted by molar-refractivity contribution is 6.23. The van der Waals surface area contributed by atoms with Gasteiger partial charge in [0, 0.05) is 0 Å². The van der Waals surface area contributed by atoms with Crippen LogP contribution in [0.25, 0.3) is 76.5 Å². The van der Waals surface area contributed by atoms with E-state index in [0.29, 0.717) is 0 Å². The smallest absolute Gasteiger partial charge is 0.000706 e. The first kappa shape index (κ1) is 22.6. The molecule has 1 aliphatic carbocycles. The van der Waals surface area contributed by atoms with Crippen LogP contribution in [0, 0.1) is 0 Å². The van der Waals surface area contributed by atoms with Gasteiger partial charge < -0.3 is 0 Å². The average molecular weight is 519 g/mol. The monoisotopic (exact) mass is 518 g/mol. The zero-order valence-corrected chi connectivity index (χ0v) is 22.6. The Labute approximate surface area is 239 Å². The minimum absolute atomic E-state index is 0.976. The second-order valence-corrected chi connectivity index (χ2v) is 11.2. The van der Waals surface area contributed by atoms with E-state index in [1.165, 1.54) is 87.6 Å². The fourth-order valence-electron chi connectivity index (χ4n) is 7.30. The highest BCUT2D eigenvalue weighted by atomic mass is 14.3. The van der Waals surface area contributed by atoms with Gasteiger partial charge in [0.2, 0.25) is 0 Å². The minimum Gasteiger partial charge on any atom is -0.0616 e. The van der Waals surface area contributed by atoms with Crippen LogP contribution in [0.1, 0.15) is 11.1 Å². The van der Waals surface area contributed by atoms with Gasteiger partial charge in [0.15, 0.2) is 0 Å². The van der Waals surface area contributed by atoms with E-state index in [0.717, 1.165) is 6.42 Å². The molecule has 0 aliphatic heterocycles. The van der Waals surface area contributed by atoms with Crippen molar-refractivity contribution in [2.45, 2.75) is 6.42 Å². The quantitative estimate of drug-likeness (QED) is 0.200. The topological polar surface area (TPSA) is 0 Å². The van der Waals surface area contributed by atoms with Crippen molar-refractivity contribution in [2.75, 3.05) is 0 Å². The van der Waals surface area contributed by atoms with Crippen molar-refractivity contribution in [2.24, 2.45) is 0 Å². The summed E-state index contributed by atoms with van der Waals surface area (Å²) in [6.07, 6.45) is 0.976. The minimum atomic E-state index is 0.976. The zero-order chi connectivity index (χ0) is 26.9. The van der Waals surface area contributed by atoms with Crippen LogP contribution in [0.15, 0.2) is 146 Å². The molecule has 1 aliphatic rings. The Morgan fingerprint density at radius 3 is 1.59 bits per heavy atom. The first-order chi connectivity index (χ1) is 20.3. The molecule has 0 nitrogen and oxygen atoms in total. The van der Waals surface area contributed by atoms with Gasteiger partial charge in [0.05, 0.1) is 0 Å². The van der Waals surface area contributed by atoms with Gasteiger partial charge in [0.25, 0.3) is 0 Å². The molecule has 0 atom stereocenters. The zero-order valence-electron chi connectivity index (χ0n) is 22.6. The highest BCUT2D eigenvalue weighted by Crippen LogP contribution is 2.47. The number of fused-ring (bicyclic) bond motifs is 8. The summed E-state index contributed by atoms with van der Waals surface area (Å²) in [5.41, 5.74) is 10.8. The van der Waals surface area contributed by atoms with Crippen LogP contribution in [0.2, 0.25) is 0 Å². The molecule has 41 heavy (non-hydrogen) atoms. The predicted octanol–water partition coefficient (Wildman–Crippen LogP) is 11.2. The van der Waals surface area contributed by atoms with Gasteiger partial charge in [-0.3, -0.25) is 0 Å². The molecule has 0 saturated heterocycles. The summed E-state index contributed by atoms with van der Waals surface area (Å²) in [6, 6.07) is 53.9. The SMILES string of the molecule is c1ccc2c(-c3c4ccccc4c(-c4ccc5c(c4)Cc4c-5ccc5ccccc45)c4ccccc34)cccc2c1. The third-order valence-electron chi connectivity index (χ3n) is 9.08. The summed E-state index contributed by atoms with van der Waals surface area (Å²) < 4.78 is 0. The molecule has 0 heteroatoms. The summed E-state index contributed by atoms with van der Waals surface area (Å²) in [5.74, 6) is 0. The first-order valence-electron chi connectivity index (χ1n) is 14.4. The normalized spacial score (nSPS) is 12.3. The maximum absolute atomic E-state index is 2.45. The summed E-state index contributed by atoms with van der Waals surface area (Å²) in [5, 5.41) is 10.5. The molecule has 0 N–H and O–H groups in total. The Kier molecular flexibility index (Phi) is 4.77. The van der Waals surface area contributed by atoms with E-state index < -0.39 is 0 Å². The third kappa shape index (κ3) is 3.28. The molecule has 0 radical (unpaired) electrons. The van der Waals surface area contributed by atoms with Crippen LogP contribution in [0.3, 0.4) is 0 Å². The van der Waals surface area contributed by atoms with Crippen molar-refractivity contribution in [3.05, 3.63) is 157 Å². The Bertz CT molecular complexity index is 2270. The maximum Gasteiger partial charge on any atom is -0.000706 e. The van der Waals surface area contributed by atoms with Crippen LogP contribution in [0.5, 0.6) is 0 Å². The molecule has 0 bridgehead atoms. The third-order valence-corrected chi connectivity index (χ3v) is 9.08. The Morgan fingerprint density at radius 1 is 0.341 bits per heavy atom. The van der Waals surface area contributed by atoms with Crippen molar-refractivity contribution in [1.82, 2.24) is 0 Å². The van der Waals surface area contributed by atoms with Crippen molar-refractivity contribution in [3.63, 3.8) is 0 Å². The van der Waals surface area contributed by atoms with E-state index in [1.54, 1.807) is 0 Å². The fourth-order valence-corrected chi connectivity index (χ4v) is 7.30. The highest BCUT2D eigenvalue weighted by Gasteiger charge is 2.23. The van der Waals surface area contributed by atoms with Crippen molar-refractivity contribution in [1.29, 1.82) is 0 Å². The molecule has 0 saturated carbocycles. The molecular weight excluding hydrogens is 492 g/mol. The number of hydrogen-bond donors (Lipinski definition) is 0. The van der Waals surface area contributed by atoms with Gasteiger partial charge in [-0.2, -0.15) is 0 Å². The van der Waals surface area contributed by atoms with Crippen LogP contribution >= 0.6 is 0 Å². The van der Waals surface area contributed by atoms with E-state index in [9.17, 15) is 0 Å². The molecule has 190 valence electrons. The van der Waals surface area contributed by atoms with E-state index in [4.69, 9.17) is 0 Å². The Hall–Kier alpha value is -5.20. The van der Waals surface area contributed by atoms with Crippen LogP contribution in [-0.4, -0.2) is 0 Å². The standard InChI is InChI=1S/C41H26/c1-3-13-30-26(10-1)12-9-19-34(30)41-37-17-7-5-15-35(37)40(36-16-6-8-18-38(36)41)28-21-22-32-29(24-28)25-39-31-14-4-2-11-27(31)20-23-33(32)39/h1-24H,25H2. The molecule has 0 aromatic heterocycles. The van der Waals surface area contributed by atoms with Crippen LogP contribution < -0.4 is 0 Å². The molecule has 9 rings (SSSR count). The first-order valence-corrected chi connectivity index (χ1v) is 14.4. The molecular formula is C41H26. The van der Waals surface area contributed by atoms with E-state index in [1.807, 2.05) is 0 Å². The Balaban J connectivity index is 1.32. The van der Waals surface area contributed by atoms with Gasteiger partial charge in [-0.05, 0) is 94.0 Å². The van der Waals surface area contributed by atoms with Gasteiger partial charge >= 0.3 is 0 Å². The lowest BCUT2D eigenvalue weighted by Gasteiger charge is -2.19. The van der Waals surface area contributed by atoms with E-state index >= 15 is 0 Å². The number of benzene rings is 8. The summed E-state index contributed by atoms with van der Waals surface area (Å²) >= 11 is 0. The van der Waals surface area contributed by atoms with Crippen molar-refractivity contribution >= 4 is 43.1 Å². The van der Waals surface area contributed by atoms with Gasteiger partial charge in [-0.1, -0.05) is 146 Å². The predicted molar refractivity (Wildman–Crippen MR) is 176 cm³/mol. The van der Waals surface area contributed by atoms with Crippen LogP contribution in [0.4, 0.5) is 0 Å². The van der Waals surface area contributed by atoms with Gasteiger partial charge in [0.1, 0.15) is 0 Å². The molecule has 8 aromatic carbocycles. The summed E-state index contributed by atoms with van der Waals surface area (Å²) in [4.78, 5) is 0. The second-order valence-electron chi connectivity index (χ2n) is 11.2. The fraction of sp³-hybridized carbons (Fsp3) is 0.0244.